The zero-order valence-corrected chi connectivity index (χ0v) is 13.6. The van der Waals surface area contributed by atoms with E-state index in [1.165, 1.54) is 5.56 Å². The summed E-state index contributed by atoms with van der Waals surface area (Å²) in [4.78, 5) is 23.4. The number of methoxy groups -OCH3 is 1. The van der Waals surface area contributed by atoms with Gasteiger partial charge in [-0.3, -0.25) is 4.79 Å². The number of hydrogen-bond acceptors (Lipinski definition) is 4. The zero-order valence-electron chi connectivity index (χ0n) is 13.6. The summed E-state index contributed by atoms with van der Waals surface area (Å²) in [6.45, 7) is 2.44. The molecule has 0 saturated carbocycles. The second-order valence-electron chi connectivity index (χ2n) is 6.35. The second kappa shape index (κ2) is 6.52. The maximum Gasteiger partial charge on any atom is 0.247 e. The Balaban J connectivity index is 2.13. The first kappa shape index (κ1) is 15.7. The van der Waals surface area contributed by atoms with Gasteiger partial charge in [0.05, 0.1) is 13.2 Å². The van der Waals surface area contributed by atoms with E-state index in [2.05, 4.69) is 16.6 Å². The predicted molar refractivity (Wildman–Crippen MR) is 89.2 cm³/mol. The van der Waals surface area contributed by atoms with E-state index in [9.17, 15) is 9.70 Å². The Morgan fingerprint density at radius 2 is 2.22 bits per heavy atom. The number of hydrogen-bond donors (Lipinski definition) is 1. The molecule has 1 aliphatic heterocycles. The minimum absolute atomic E-state index is 0.0540. The highest BCUT2D eigenvalue weighted by Crippen LogP contribution is 2.42. The summed E-state index contributed by atoms with van der Waals surface area (Å²) in [5.41, 5.74) is 4.19. The van der Waals surface area contributed by atoms with Crippen LogP contribution in [-0.2, 0) is 11.2 Å². The number of rotatable bonds is 4. The van der Waals surface area contributed by atoms with Gasteiger partial charge in [0.25, 0.3) is 0 Å². The van der Waals surface area contributed by atoms with E-state index >= 15 is 0 Å². The lowest BCUT2D eigenvalue weighted by Crippen LogP contribution is -2.25. The fourth-order valence-electron chi connectivity index (χ4n) is 3.68. The van der Waals surface area contributed by atoms with Crippen LogP contribution in [-0.4, -0.2) is 25.6 Å². The molecule has 0 bridgehead atoms. The van der Waals surface area contributed by atoms with Crippen LogP contribution in [0, 0.1) is 10.8 Å². The molecule has 0 saturated heterocycles. The summed E-state index contributed by atoms with van der Waals surface area (Å²) in [5, 5.41) is 6.05. The van der Waals surface area contributed by atoms with E-state index < -0.39 is 6.04 Å². The standard InChI is InChI=1S/C18H22N2O3/c1-11(20-22)9-16-17-12(7-8-19-18(16)21)3-4-13-10-14(23-2)5-6-15(13)17/h5-6,10-12H,3-4,7-9H2,1-2H3,(H,19,21). The van der Waals surface area contributed by atoms with Crippen molar-refractivity contribution in [1.29, 1.82) is 0 Å². The zero-order chi connectivity index (χ0) is 16.4. The number of nitrogens with zero attached hydrogens (tertiary/aromatic N) is 1. The third-order valence-electron chi connectivity index (χ3n) is 4.83. The third-order valence-corrected chi connectivity index (χ3v) is 4.83. The Bertz CT molecular complexity index is 666. The van der Waals surface area contributed by atoms with E-state index in [0.29, 0.717) is 18.9 Å². The van der Waals surface area contributed by atoms with Gasteiger partial charge < -0.3 is 10.1 Å². The number of amides is 1. The lowest BCUT2D eigenvalue weighted by atomic mass is 9.75. The summed E-state index contributed by atoms with van der Waals surface area (Å²) in [6, 6.07) is 5.65. The summed E-state index contributed by atoms with van der Waals surface area (Å²) in [5.74, 6) is 1.15. The molecule has 0 fully saturated rings. The van der Waals surface area contributed by atoms with Crippen LogP contribution in [0.1, 0.15) is 37.3 Å². The maximum absolute atomic E-state index is 12.5. The van der Waals surface area contributed by atoms with Crippen LogP contribution >= 0.6 is 0 Å². The predicted octanol–water partition coefficient (Wildman–Crippen LogP) is 3.08. The molecule has 0 spiro atoms. The molecule has 3 rings (SSSR count). The summed E-state index contributed by atoms with van der Waals surface area (Å²) in [6.07, 6.45) is 3.35. The number of aryl methyl sites for hydroxylation is 1. The molecule has 0 radical (unpaired) electrons. The number of ether oxygens (including phenoxy) is 1. The average molecular weight is 314 g/mol. The third kappa shape index (κ3) is 3.00. The van der Waals surface area contributed by atoms with Gasteiger partial charge in [-0.1, -0.05) is 11.2 Å². The number of carbonyl (C=O) groups is 1. The van der Waals surface area contributed by atoms with Crippen LogP contribution < -0.4 is 10.1 Å². The number of nitrogens with one attached hydrogen (secondary N) is 1. The molecule has 2 aliphatic rings. The molecule has 23 heavy (non-hydrogen) atoms. The van der Waals surface area contributed by atoms with Gasteiger partial charge in [-0.2, -0.15) is 4.91 Å². The molecule has 5 nitrogen and oxygen atoms in total. The van der Waals surface area contributed by atoms with E-state index in [4.69, 9.17) is 4.74 Å². The van der Waals surface area contributed by atoms with Crippen molar-refractivity contribution in [2.24, 2.45) is 11.1 Å². The Labute approximate surface area is 136 Å². The number of nitroso groups, excluding NO2 is 1. The lowest BCUT2D eigenvalue weighted by molar-refractivity contribution is -0.117. The summed E-state index contributed by atoms with van der Waals surface area (Å²) >= 11 is 0. The fourth-order valence-corrected chi connectivity index (χ4v) is 3.68. The van der Waals surface area contributed by atoms with Crippen LogP contribution in [0.3, 0.4) is 0 Å². The SMILES string of the molecule is COc1ccc2c(c1)CCC1CCNC(=O)C(CC(C)N=O)=C21. The molecule has 1 N–H and O–H groups in total. The molecule has 1 aromatic rings. The molecule has 0 aromatic heterocycles. The van der Waals surface area contributed by atoms with Crippen molar-refractivity contribution in [2.45, 2.75) is 38.6 Å². The molecule has 5 heteroatoms. The quantitative estimate of drug-likeness (QED) is 0.868. The highest BCUT2D eigenvalue weighted by Gasteiger charge is 2.32. The van der Waals surface area contributed by atoms with Crippen molar-refractivity contribution >= 4 is 11.5 Å². The summed E-state index contributed by atoms with van der Waals surface area (Å²) in [7, 11) is 1.66. The van der Waals surface area contributed by atoms with Gasteiger partial charge in [-0.25, -0.2) is 0 Å². The normalized spacial score (nSPS) is 21.7. The van der Waals surface area contributed by atoms with Crippen molar-refractivity contribution in [3.05, 3.63) is 39.8 Å². The van der Waals surface area contributed by atoms with Gasteiger partial charge >= 0.3 is 0 Å². The van der Waals surface area contributed by atoms with Crippen LogP contribution in [0.5, 0.6) is 5.75 Å². The highest BCUT2D eigenvalue weighted by atomic mass is 16.5. The highest BCUT2D eigenvalue weighted by molar-refractivity contribution is 6.02. The van der Waals surface area contributed by atoms with E-state index in [1.54, 1.807) is 14.0 Å². The first-order valence-electron chi connectivity index (χ1n) is 8.15. The molecule has 2 unspecified atom stereocenters. The van der Waals surface area contributed by atoms with Crippen LogP contribution in [0.4, 0.5) is 0 Å². The minimum atomic E-state index is -0.398. The Morgan fingerprint density at radius 3 is 2.96 bits per heavy atom. The van der Waals surface area contributed by atoms with Gasteiger partial charge in [0.1, 0.15) is 5.75 Å². The van der Waals surface area contributed by atoms with Gasteiger partial charge in [-0.05, 0) is 60.9 Å². The van der Waals surface area contributed by atoms with Crippen molar-refractivity contribution < 1.29 is 9.53 Å². The van der Waals surface area contributed by atoms with Crippen molar-refractivity contribution in [1.82, 2.24) is 5.32 Å². The van der Waals surface area contributed by atoms with Crippen molar-refractivity contribution in [3.8, 4) is 5.75 Å². The van der Waals surface area contributed by atoms with Gasteiger partial charge in [0, 0.05) is 18.5 Å². The molecule has 1 aromatic carbocycles. The largest absolute Gasteiger partial charge is 0.497 e. The Hall–Kier alpha value is -2.17. The summed E-state index contributed by atoms with van der Waals surface area (Å²) < 4.78 is 5.32. The molecule has 2 atom stereocenters. The van der Waals surface area contributed by atoms with Crippen LogP contribution in [0.15, 0.2) is 28.9 Å². The Morgan fingerprint density at radius 1 is 1.39 bits per heavy atom. The van der Waals surface area contributed by atoms with Gasteiger partial charge in [0.15, 0.2) is 0 Å². The number of carbonyl (C=O) groups excluding carboxylic acids is 1. The second-order valence-corrected chi connectivity index (χ2v) is 6.35. The fraction of sp³-hybridized carbons (Fsp3) is 0.500. The Kier molecular flexibility index (Phi) is 4.46. The topological polar surface area (TPSA) is 67.8 Å². The first-order valence-corrected chi connectivity index (χ1v) is 8.15. The van der Waals surface area contributed by atoms with Gasteiger partial charge in [-0.15, -0.1) is 0 Å². The van der Waals surface area contributed by atoms with Crippen molar-refractivity contribution in [3.63, 3.8) is 0 Å². The first-order chi connectivity index (χ1) is 11.1. The van der Waals surface area contributed by atoms with Crippen LogP contribution in [0.2, 0.25) is 0 Å². The van der Waals surface area contributed by atoms with E-state index in [0.717, 1.165) is 41.7 Å². The molecule has 1 heterocycles. The molecule has 1 amide bonds. The number of allylic oxidation sites excluding steroid dienone is 1. The molecular formula is C18H22N2O3. The van der Waals surface area contributed by atoms with Crippen LogP contribution in [0.25, 0.3) is 5.57 Å². The monoisotopic (exact) mass is 314 g/mol. The van der Waals surface area contributed by atoms with E-state index in [-0.39, 0.29) is 5.91 Å². The minimum Gasteiger partial charge on any atom is -0.497 e. The van der Waals surface area contributed by atoms with Gasteiger partial charge in [0.2, 0.25) is 5.91 Å². The molecule has 122 valence electrons. The average Bonchev–Trinajstić information content (AvgIpc) is 2.73. The molecule has 1 aliphatic carbocycles. The van der Waals surface area contributed by atoms with Crippen molar-refractivity contribution in [2.75, 3.05) is 13.7 Å². The molecular weight excluding hydrogens is 292 g/mol. The number of fused-ring (bicyclic) bond motifs is 3. The maximum atomic E-state index is 12.5. The lowest BCUT2D eigenvalue weighted by Gasteiger charge is -2.29. The van der Waals surface area contributed by atoms with E-state index in [1.807, 2.05) is 12.1 Å². The smallest absolute Gasteiger partial charge is 0.247 e. The number of benzene rings is 1.